The molecule has 0 aromatic heterocycles. The maximum Gasteiger partial charge on any atom is 0.472 e. The number of ether oxygens (including phenoxy) is 4. The fourth-order valence-corrected chi connectivity index (χ4v) is 14.2. The summed E-state index contributed by atoms with van der Waals surface area (Å²) in [6.45, 7) is 7.32. The molecule has 2 unspecified atom stereocenters. The fourth-order valence-electron chi connectivity index (χ4n) is 12.6. The average Bonchev–Trinajstić information content (AvgIpc) is 0.937. The van der Waals surface area contributed by atoms with Gasteiger partial charge in [0, 0.05) is 25.7 Å². The van der Waals surface area contributed by atoms with Crippen LogP contribution in [0.3, 0.4) is 0 Å². The predicted octanol–water partition coefficient (Wildman–Crippen LogP) is 24.4. The lowest BCUT2D eigenvalue weighted by molar-refractivity contribution is -0.161. The summed E-state index contributed by atoms with van der Waals surface area (Å²) in [4.78, 5) is 72.9. The maximum atomic E-state index is 13.1. The van der Waals surface area contributed by atoms with E-state index in [4.69, 9.17) is 37.0 Å². The lowest BCUT2D eigenvalue weighted by atomic mass is 10.0. The van der Waals surface area contributed by atoms with E-state index in [0.717, 1.165) is 109 Å². The van der Waals surface area contributed by atoms with Crippen LogP contribution >= 0.6 is 15.6 Å². The molecule has 5 atom stereocenters. The second-order valence-electron chi connectivity index (χ2n) is 29.6. The molecule has 594 valence electrons. The van der Waals surface area contributed by atoms with Crippen LogP contribution < -0.4 is 0 Å². The summed E-state index contributed by atoms with van der Waals surface area (Å²) in [5, 5.41) is 10.6. The number of hydrogen-bond donors (Lipinski definition) is 3. The van der Waals surface area contributed by atoms with Crippen LogP contribution in [0, 0.1) is 5.92 Å². The minimum Gasteiger partial charge on any atom is -0.462 e. The molecule has 0 bridgehead atoms. The van der Waals surface area contributed by atoms with Crippen molar-refractivity contribution in [2.75, 3.05) is 39.6 Å². The maximum absolute atomic E-state index is 13.1. The lowest BCUT2D eigenvalue weighted by Gasteiger charge is -2.21. The minimum absolute atomic E-state index is 0.108. The van der Waals surface area contributed by atoms with Gasteiger partial charge in [0.25, 0.3) is 0 Å². The molecule has 0 aliphatic carbocycles. The van der Waals surface area contributed by atoms with E-state index in [2.05, 4.69) is 34.6 Å². The number of hydrogen-bond acceptors (Lipinski definition) is 15. The van der Waals surface area contributed by atoms with Gasteiger partial charge < -0.3 is 33.8 Å². The number of rotatable bonds is 81. The summed E-state index contributed by atoms with van der Waals surface area (Å²) in [5.74, 6) is -1.31. The number of phosphoric acid groups is 2. The van der Waals surface area contributed by atoms with Crippen LogP contribution in [0.25, 0.3) is 0 Å². The summed E-state index contributed by atoms with van der Waals surface area (Å²) in [6, 6.07) is 0. The van der Waals surface area contributed by atoms with Gasteiger partial charge in [0.15, 0.2) is 12.2 Å². The van der Waals surface area contributed by atoms with Gasteiger partial charge in [-0.25, -0.2) is 9.13 Å². The molecule has 0 aliphatic rings. The highest BCUT2D eigenvalue weighted by Gasteiger charge is 2.30. The van der Waals surface area contributed by atoms with E-state index in [1.807, 2.05) is 0 Å². The summed E-state index contributed by atoms with van der Waals surface area (Å²) < 4.78 is 68.6. The highest BCUT2D eigenvalue weighted by molar-refractivity contribution is 7.47. The topological polar surface area (TPSA) is 237 Å². The van der Waals surface area contributed by atoms with Gasteiger partial charge in [0.1, 0.15) is 19.3 Å². The Morgan fingerprint density at radius 2 is 0.460 bits per heavy atom. The Kier molecular flexibility index (Phi) is 72.5. The number of aliphatic hydroxyl groups is 1. The van der Waals surface area contributed by atoms with Crippen molar-refractivity contribution in [3.05, 3.63) is 0 Å². The lowest BCUT2D eigenvalue weighted by Crippen LogP contribution is -2.30. The van der Waals surface area contributed by atoms with Gasteiger partial charge in [-0.2, -0.15) is 0 Å². The van der Waals surface area contributed by atoms with E-state index in [1.165, 1.54) is 244 Å². The Bertz CT molecular complexity index is 1910. The first-order valence-electron chi connectivity index (χ1n) is 42.1. The van der Waals surface area contributed by atoms with Gasteiger partial charge in [0.2, 0.25) is 0 Å². The first-order valence-corrected chi connectivity index (χ1v) is 45.1. The SMILES string of the molecule is CCCCCCCCCCCCCCCCCCCCCCC(=O)O[C@H](COC(=O)CCCCCCCCCCCCCCCCC(C)C)COP(=O)(O)OC[C@@H](O)COP(=O)(O)OC[C@@H](COC(=O)CCCCCCCCC)OC(=O)CCCCCCCCCCCCCCCCCC. The molecule has 0 radical (unpaired) electrons. The van der Waals surface area contributed by atoms with E-state index in [-0.39, 0.29) is 25.7 Å². The van der Waals surface area contributed by atoms with Crippen LogP contribution in [0.5, 0.6) is 0 Å². The molecule has 0 fully saturated rings. The third-order valence-electron chi connectivity index (χ3n) is 19.0. The van der Waals surface area contributed by atoms with Gasteiger partial charge in [-0.3, -0.25) is 37.3 Å². The molecule has 19 heteroatoms. The zero-order valence-corrected chi connectivity index (χ0v) is 67.1. The number of esters is 4. The Hall–Kier alpha value is -1.94. The normalized spacial score (nSPS) is 13.8. The molecular formula is C81H158O17P2. The van der Waals surface area contributed by atoms with E-state index in [0.29, 0.717) is 25.7 Å². The Balaban J connectivity index is 5.17. The molecule has 100 heavy (non-hydrogen) atoms. The molecule has 0 rings (SSSR count). The van der Waals surface area contributed by atoms with Gasteiger partial charge in [-0.1, -0.05) is 381 Å². The number of phosphoric ester groups is 2. The molecule has 0 spiro atoms. The number of unbranched alkanes of at least 4 members (excludes halogenated alkanes) is 53. The molecule has 0 heterocycles. The molecule has 17 nitrogen and oxygen atoms in total. The predicted molar refractivity (Wildman–Crippen MR) is 409 cm³/mol. The first kappa shape index (κ1) is 98.1. The molecule has 0 aromatic rings. The zero-order valence-electron chi connectivity index (χ0n) is 65.3. The van der Waals surface area contributed by atoms with Crippen molar-refractivity contribution in [1.82, 2.24) is 0 Å². The van der Waals surface area contributed by atoms with Crippen molar-refractivity contribution in [1.29, 1.82) is 0 Å². The molecule has 3 N–H and O–H groups in total. The van der Waals surface area contributed by atoms with Gasteiger partial charge >= 0.3 is 39.5 Å². The van der Waals surface area contributed by atoms with Crippen LogP contribution in [0.1, 0.15) is 433 Å². The Labute approximate surface area is 613 Å². The Morgan fingerprint density at radius 1 is 0.270 bits per heavy atom. The summed E-state index contributed by atoms with van der Waals surface area (Å²) >= 11 is 0. The fraction of sp³-hybridized carbons (Fsp3) is 0.951. The van der Waals surface area contributed by atoms with Crippen LogP contribution in [-0.2, 0) is 65.4 Å². The van der Waals surface area contributed by atoms with E-state index in [1.54, 1.807) is 0 Å². The van der Waals surface area contributed by atoms with Crippen LogP contribution in [0.4, 0.5) is 0 Å². The number of aliphatic hydroxyl groups excluding tert-OH is 1. The van der Waals surface area contributed by atoms with Gasteiger partial charge in [-0.15, -0.1) is 0 Å². The smallest absolute Gasteiger partial charge is 0.462 e. The van der Waals surface area contributed by atoms with Gasteiger partial charge in [0.05, 0.1) is 26.4 Å². The van der Waals surface area contributed by atoms with Crippen molar-refractivity contribution >= 4 is 39.5 Å². The van der Waals surface area contributed by atoms with Crippen molar-refractivity contribution in [2.45, 2.75) is 451 Å². The molecule has 0 saturated heterocycles. The van der Waals surface area contributed by atoms with Crippen LogP contribution in [0.2, 0.25) is 0 Å². The second kappa shape index (κ2) is 73.9. The van der Waals surface area contributed by atoms with Crippen LogP contribution in [0.15, 0.2) is 0 Å². The summed E-state index contributed by atoms with van der Waals surface area (Å²) in [5.41, 5.74) is 0. The molecule has 0 amide bonds. The van der Waals surface area contributed by atoms with Crippen molar-refractivity contribution in [3.63, 3.8) is 0 Å². The quantitative estimate of drug-likeness (QED) is 0.0222. The third kappa shape index (κ3) is 74.3. The largest absolute Gasteiger partial charge is 0.472 e. The van der Waals surface area contributed by atoms with Gasteiger partial charge in [-0.05, 0) is 31.6 Å². The van der Waals surface area contributed by atoms with E-state index >= 15 is 0 Å². The van der Waals surface area contributed by atoms with Crippen molar-refractivity contribution in [2.24, 2.45) is 5.92 Å². The second-order valence-corrected chi connectivity index (χ2v) is 32.5. The minimum atomic E-state index is -4.96. The number of carbonyl (C=O) groups excluding carboxylic acids is 4. The summed E-state index contributed by atoms with van der Waals surface area (Å²) in [7, 11) is -9.91. The molecule has 0 aliphatic heterocycles. The standard InChI is InChI=1S/C81H158O17P2/c1-6-9-12-15-18-20-22-24-26-28-29-30-31-33-39-43-47-52-57-62-67-81(86)98-77(71-92-79(84)65-60-55-50-45-41-37-35-34-36-40-44-49-53-58-63-74(4)5)73-96-100(89,90)94-69-75(82)68-93-99(87,88)95-72-76(70-91-78(83)64-59-54-48-17-14-11-8-3)97-80(85)66-61-56-51-46-42-38-32-27-25-23-21-19-16-13-10-7-2/h74-77,82H,6-73H2,1-5H3,(H,87,88)(H,89,90)/t75-,76+,77+/m0/s1. The Morgan fingerprint density at radius 3 is 0.680 bits per heavy atom. The summed E-state index contributed by atoms with van der Waals surface area (Å²) in [6.07, 6.45) is 65.4. The zero-order chi connectivity index (χ0) is 73.4. The highest BCUT2D eigenvalue weighted by Crippen LogP contribution is 2.45. The van der Waals surface area contributed by atoms with E-state index < -0.39 is 97.5 Å². The van der Waals surface area contributed by atoms with Crippen molar-refractivity contribution < 1.29 is 80.2 Å². The highest BCUT2D eigenvalue weighted by atomic mass is 31.2. The monoisotopic (exact) mass is 1470 g/mol. The number of carbonyl (C=O) groups is 4. The average molecular weight is 1470 g/mol. The molecular weight excluding hydrogens is 1310 g/mol. The van der Waals surface area contributed by atoms with E-state index in [9.17, 15) is 43.2 Å². The van der Waals surface area contributed by atoms with Crippen LogP contribution in [-0.4, -0.2) is 96.7 Å². The first-order chi connectivity index (χ1) is 48.5. The molecule has 0 aromatic carbocycles. The third-order valence-corrected chi connectivity index (χ3v) is 20.9. The van der Waals surface area contributed by atoms with Crippen molar-refractivity contribution in [3.8, 4) is 0 Å². The molecule has 0 saturated carbocycles.